The van der Waals surface area contributed by atoms with E-state index in [1.54, 1.807) is 23.6 Å². The van der Waals surface area contributed by atoms with Crippen LogP contribution in [0.4, 0.5) is 23.4 Å². The first-order valence-electron chi connectivity index (χ1n) is 13.9. The zero-order valence-electron chi connectivity index (χ0n) is 24.8. The highest BCUT2D eigenvalue weighted by atomic mass is 35.5. The molecule has 0 N–H and O–H groups in total. The molecule has 5 rings (SSSR count). The predicted octanol–water partition coefficient (Wildman–Crippen LogP) is 4.84. The monoisotopic (exact) mass is 678 g/mol. The van der Waals surface area contributed by atoms with E-state index in [0.29, 0.717) is 6.07 Å². The Kier molecular flexibility index (Phi) is 8.68. The number of sulfone groups is 1. The first-order chi connectivity index (χ1) is 21.6. The number of hydrogen-bond donors (Lipinski definition) is 0. The Balaban J connectivity index is 1.91. The molecule has 1 fully saturated rings. The molecule has 1 atom stereocenters. The summed E-state index contributed by atoms with van der Waals surface area (Å²) in [5.41, 5.74) is -4.30. The normalized spacial score (nSPS) is 15.8. The van der Waals surface area contributed by atoms with Crippen LogP contribution in [0.2, 0.25) is 5.02 Å². The van der Waals surface area contributed by atoms with E-state index in [4.69, 9.17) is 11.6 Å². The highest BCUT2D eigenvalue weighted by Crippen LogP contribution is 2.42. The van der Waals surface area contributed by atoms with Crippen molar-refractivity contribution in [3.8, 4) is 16.9 Å². The molecule has 0 radical (unpaired) electrons. The number of nitrogens with zero attached hydrogens (tertiary/aromatic N) is 6. The minimum absolute atomic E-state index is 0.0443. The third-order valence-electron chi connectivity index (χ3n) is 7.66. The van der Waals surface area contributed by atoms with E-state index in [0.717, 1.165) is 23.0 Å². The molecule has 46 heavy (non-hydrogen) atoms. The van der Waals surface area contributed by atoms with Crippen molar-refractivity contribution in [2.75, 3.05) is 30.8 Å². The van der Waals surface area contributed by atoms with E-state index in [2.05, 4.69) is 21.5 Å². The summed E-state index contributed by atoms with van der Waals surface area (Å²) in [6.45, 7) is 7.60. The Bertz CT molecular complexity index is 2070. The molecular formula is C30H27ClF4N6O4S. The molecular weight excluding hydrogens is 652 g/mol. The number of piperazine rings is 1. The van der Waals surface area contributed by atoms with Crippen LogP contribution in [0, 0.1) is 5.82 Å². The molecule has 1 aromatic carbocycles. The molecule has 0 saturated carbocycles. The average Bonchev–Trinajstić information content (AvgIpc) is 2.99. The first-order valence-corrected chi connectivity index (χ1v) is 16.2. The topological polar surface area (TPSA) is 118 Å². The lowest BCUT2D eigenvalue weighted by atomic mass is 10.0. The largest absolute Gasteiger partial charge is 0.417 e. The van der Waals surface area contributed by atoms with Crippen molar-refractivity contribution in [3.05, 3.63) is 81.8 Å². The molecule has 1 amide bonds. The van der Waals surface area contributed by atoms with Gasteiger partial charge in [-0.2, -0.15) is 18.2 Å². The van der Waals surface area contributed by atoms with Crippen LogP contribution >= 0.6 is 11.6 Å². The zero-order valence-corrected chi connectivity index (χ0v) is 26.3. The van der Waals surface area contributed by atoms with Gasteiger partial charge in [0.15, 0.2) is 15.5 Å². The maximum atomic E-state index is 15.2. The number of carbonyl (C=O) groups excluding carboxylic acids is 1. The van der Waals surface area contributed by atoms with Crippen LogP contribution in [0.5, 0.6) is 0 Å². The fourth-order valence-electron chi connectivity index (χ4n) is 5.58. The van der Waals surface area contributed by atoms with Crippen LogP contribution in [0.1, 0.15) is 25.1 Å². The van der Waals surface area contributed by atoms with Crippen LogP contribution in [-0.2, 0) is 27.2 Å². The second-order valence-electron chi connectivity index (χ2n) is 10.7. The summed E-state index contributed by atoms with van der Waals surface area (Å²) in [6.07, 6.45) is -1.49. The maximum absolute atomic E-state index is 15.2. The quantitative estimate of drug-likeness (QED) is 0.210. The number of fused-ring (bicyclic) bond motifs is 1. The van der Waals surface area contributed by atoms with Crippen molar-refractivity contribution in [2.45, 2.75) is 37.4 Å². The Hall–Kier alpha value is -4.37. The van der Waals surface area contributed by atoms with Gasteiger partial charge in [0.25, 0.3) is 0 Å². The zero-order chi connectivity index (χ0) is 33.7. The molecule has 4 aromatic rings. The maximum Gasteiger partial charge on any atom is 0.417 e. The summed E-state index contributed by atoms with van der Waals surface area (Å²) < 4.78 is 84.2. The SMILES string of the molecule is C=CC(=O)N1CCN(c2nc(=O)n(-c3c(S(C)(=O)=O)ccnc3CC)c3nc(-c4c(F)cccc4C(F)(F)F)c(Cl)cc23)[C@@H](C)C1. The van der Waals surface area contributed by atoms with Crippen molar-refractivity contribution in [1.82, 2.24) is 24.4 Å². The summed E-state index contributed by atoms with van der Waals surface area (Å²) in [5.74, 6) is -1.52. The van der Waals surface area contributed by atoms with Gasteiger partial charge in [-0.05, 0) is 43.7 Å². The summed E-state index contributed by atoms with van der Waals surface area (Å²) in [7, 11) is -4.01. The molecule has 242 valence electrons. The second kappa shape index (κ2) is 12.1. The highest BCUT2D eigenvalue weighted by molar-refractivity contribution is 7.90. The smallest absolute Gasteiger partial charge is 0.350 e. The van der Waals surface area contributed by atoms with Gasteiger partial charge in [0.2, 0.25) is 5.91 Å². The number of anilines is 1. The summed E-state index contributed by atoms with van der Waals surface area (Å²) in [5, 5.41) is -0.311. The first kappa shape index (κ1) is 33.0. The van der Waals surface area contributed by atoms with E-state index in [9.17, 15) is 31.2 Å². The van der Waals surface area contributed by atoms with Crippen LogP contribution in [-0.4, -0.2) is 70.7 Å². The molecule has 0 spiro atoms. The summed E-state index contributed by atoms with van der Waals surface area (Å²) >= 11 is 6.56. The van der Waals surface area contributed by atoms with E-state index in [-0.39, 0.29) is 70.1 Å². The number of hydrogen-bond acceptors (Lipinski definition) is 8. The molecule has 10 nitrogen and oxygen atoms in total. The third-order valence-corrected chi connectivity index (χ3v) is 9.08. The van der Waals surface area contributed by atoms with E-state index >= 15 is 4.39 Å². The van der Waals surface area contributed by atoms with Crippen LogP contribution in [0.3, 0.4) is 0 Å². The number of amides is 1. The van der Waals surface area contributed by atoms with Gasteiger partial charge >= 0.3 is 11.9 Å². The number of benzene rings is 1. The van der Waals surface area contributed by atoms with Gasteiger partial charge in [0.1, 0.15) is 11.6 Å². The van der Waals surface area contributed by atoms with Gasteiger partial charge in [0.05, 0.1) is 37.9 Å². The van der Waals surface area contributed by atoms with Crippen LogP contribution in [0.25, 0.3) is 28.0 Å². The minimum atomic E-state index is -5.00. The van der Waals surface area contributed by atoms with Crippen molar-refractivity contribution >= 4 is 44.2 Å². The number of alkyl halides is 3. The minimum Gasteiger partial charge on any atom is -0.350 e. The van der Waals surface area contributed by atoms with Crippen molar-refractivity contribution in [3.63, 3.8) is 0 Å². The molecule has 0 aliphatic carbocycles. The molecule has 4 heterocycles. The lowest BCUT2D eigenvalue weighted by Gasteiger charge is -2.40. The molecule has 1 aliphatic heterocycles. The van der Waals surface area contributed by atoms with Gasteiger partial charge in [-0.1, -0.05) is 31.2 Å². The number of pyridine rings is 2. The summed E-state index contributed by atoms with van der Waals surface area (Å²) in [6, 6.07) is 4.39. The molecule has 0 bridgehead atoms. The second-order valence-corrected chi connectivity index (χ2v) is 13.1. The Morgan fingerprint density at radius 1 is 1.20 bits per heavy atom. The van der Waals surface area contributed by atoms with Crippen molar-refractivity contribution in [2.24, 2.45) is 0 Å². The van der Waals surface area contributed by atoms with Gasteiger partial charge in [-0.3, -0.25) is 9.78 Å². The highest BCUT2D eigenvalue weighted by Gasteiger charge is 2.37. The molecule has 3 aromatic heterocycles. The van der Waals surface area contributed by atoms with Crippen molar-refractivity contribution in [1.29, 1.82) is 0 Å². The molecule has 1 saturated heterocycles. The molecule has 0 unspecified atom stereocenters. The lowest BCUT2D eigenvalue weighted by molar-refractivity contribution is -0.137. The summed E-state index contributed by atoms with van der Waals surface area (Å²) in [4.78, 5) is 42.1. The third kappa shape index (κ3) is 5.84. The number of halogens is 5. The molecule has 1 aliphatic rings. The lowest BCUT2D eigenvalue weighted by Crippen LogP contribution is -2.54. The van der Waals surface area contributed by atoms with Crippen molar-refractivity contribution < 1.29 is 30.8 Å². The van der Waals surface area contributed by atoms with Gasteiger partial charge < -0.3 is 9.80 Å². The number of carbonyl (C=O) groups is 1. The number of aryl methyl sites for hydroxylation is 1. The standard InChI is InChI=1S/C30H27ClF4N6O4S/c1-5-21-26(22(10-11-36-21)46(4,44)45)41-28-17(27(38-29(41)43)40-13-12-39(15-16(40)3)23(42)6-2)14-19(31)25(37-28)24-18(30(33,34)35)8-7-9-20(24)32/h6-11,14,16H,2,5,12-13,15H2,1,3-4H3/t16-/m0/s1. The van der Waals surface area contributed by atoms with Gasteiger partial charge in [0, 0.05) is 43.7 Å². The van der Waals surface area contributed by atoms with E-state index in [1.165, 1.54) is 24.4 Å². The predicted molar refractivity (Wildman–Crippen MR) is 164 cm³/mol. The van der Waals surface area contributed by atoms with E-state index in [1.807, 2.05) is 0 Å². The number of aromatic nitrogens is 4. The Morgan fingerprint density at radius 3 is 2.52 bits per heavy atom. The van der Waals surface area contributed by atoms with Crippen LogP contribution in [0.15, 0.2) is 58.9 Å². The van der Waals surface area contributed by atoms with Gasteiger partial charge in [-0.15, -0.1) is 0 Å². The number of rotatable bonds is 6. The Labute approximate surface area is 265 Å². The average molecular weight is 679 g/mol. The molecule has 16 heteroatoms. The van der Waals surface area contributed by atoms with E-state index < -0.39 is 50.4 Å². The fraction of sp³-hybridized carbons (Fsp3) is 0.300. The fourth-order valence-corrected chi connectivity index (χ4v) is 6.69. The Morgan fingerprint density at radius 2 is 1.91 bits per heavy atom. The van der Waals surface area contributed by atoms with Gasteiger partial charge in [-0.25, -0.2) is 27.2 Å². The van der Waals surface area contributed by atoms with Crippen LogP contribution < -0.4 is 10.6 Å².